The number of carbonyl (C=O) groups is 2. The van der Waals surface area contributed by atoms with Gasteiger partial charge in [-0.15, -0.1) is 0 Å². The minimum atomic E-state index is -0.969. The molecule has 1 fully saturated rings. The number of amidine groups is 1. The highest BCUT2D eigenvalue weighted by Gasteiger charge is 2.46. The lowest BCUT2D eigenvalue weighted by molar-refractivity contribution is -0.129. The van der Waals surface area contributed by atoms with Crippen LogP contribution in [-0.2, 0) is 9.59 Å². The maximum atomic E-state index is 12.4. The molecular weight excluding hydrogens is 248 g/mol. The second-order valence-electron chi connectivity index (χ2n) is 5.76. The number of hydrogen-bond donors (Lipinski definition) is 4. The van der Waals surface area contributed by atoms with Crippen LogP contribution in [0.3, 0.4) is 0 Å². The average molecular weight is 270 g/mol. The topological polar surface area (TPSA) is 131 Å². The van der Waals surface area contributed by atoms with Gasteiger partial charge in [-0.3, -0.25) is 9.59 Å². The zero-order valence-corrected chi connectivity index (χ0v) is 11.4. The van der Waals surface area contributed by atoms with Crippen molar-refractivity contribution in [2.45, 2.75) is 51.5 Å². The van der Waals surface area contributed by atoms with Crippen LogP contribution in [0.4, 0.5) is 0 Å². The van der Waals surface area contributed by atoms with E-state index in [1.165, 1.54) is 0 Å². The standard InChI is InChI=1S/C12H22N4O3/c1-11(2,7-8(13)17)15-10(18)12(9(14)16-19)5-3-4-6-12/h19H,3-7H2,1-2H3,(H2,13,17)(H2,14,16)(H,15,18). The molecule has 0 heterocycles. The molecule has 0 bridgehead atoms. The van der Waals surface area contributed by atoms with E-state index >= 15 is 0 Å². The summed E-state index contributed by atoms with van der Waals surface area (Å²) in [6, 6.07) is 0. The second-order valence-corrected chi connectivity index (χ2v) is 5.76. The summed E-state index contributed by atoms with van der Waals surface area (Å²) >= 11 is 0. The quantitative estimate of drug-likeness (QED) is 0.243. The van der Waals surface area contributed by atoms with E-state index in [1.54, 1.807) is 13.8 Å². The summed E-state index contributed by atoms with van der Waals surface area (Å²) in [6.07, 6.45) is 2.81. The van der Waals surface area contributed by atoms with E-state index in [4.69, 9.17) is 16.7 Å². The Balaban J connectivity index is 2.88. The number of carbonyl (C=O) groups excluding carboxylic acids is 2. The van der Waals surface area contributed by atoms with Crippen molar-refractivity contribution in [1.82, 2.24) is 5.32 Å². The second kappa shape index (κ2) is 5.46. The van der Waals surface area contributed by atoms with Crippen molar-refractivity contribution in [3.05, 3.63) is 0 Å². The van der Waals surface area contributed by atoms with Gasteiger partial charge in [0, 0.05) is 12.0 Å². The molecule has 0 atom stereocenters. The van der Waals surface area contributed by atoms with Crippen molar-refractivity contribution in [3.63, 3.8) is 0 Å². The summed E-state index contributed by atoms with van der Waals surface area (Å²) in [6.45, 7) is 3.43. The fourth-order valence-electron chi connectivity index (χ4n) is 2.58. The number of rotatable bonds is 5. The van der Waals surface area contributed by atoms with Gasteiger partial charge >= 0.3 is 0 Å². The molecule has 1 rings (SSSR count). The molecule has 0 radical (unpaired) electrons. The van der Waals surface area contributed by atoms with Crippen molar-refractivity contribution in [3.8, 4) is 0 Å². The molecule has 0 aromatic rings. The van der Waals surface area contributed by atoms with E-state index in [1.807, 2.05) is 0 Å². The van der Waals surface area contributed by atoms with Crippen molar-refractivity contribution in [2.75, 3.05) is 0 Å². The van der Waals surface area contributed by atoms with Gasteiger partial charge in [0.2, 0.25) is 11.8 Å². The van der Waals surface area contributed by atoms with Crippen molar-refractivity contribution >= 4 is 17.6 Å². The zero-order valence-electron chi connectivity index (χ0n) is 11.4. The first kappa shape index (κ1) is 15.3. The first-order valence-electron chi connectivity index (χ1n) is 6.32. The largest absolute Gasteiger partial charge is 0.409 e. The van der Waals surface area contributed by atoms with Gasteiger partial charge in [0.05, 0.1) is 0 Å². The van der Waals surface area contributed by atoms with Crippen molar-refractivity contribution in [1.29, 1.82) is 0 Å². The van der Waals surface area contributed by atoms with Crippen LogP contribution < -0.4 is 16.8 Å². The predicted molar refractivity (Wildman–Crippen MR) is 70.3 cm³/mol. The molecule has 19 heavy (non-hydrogen) atoms. The summed E-state index contributed by atoms with van der Waals surface area (Å²) in [7, 11) is 0. The smallest absolute Gasteiger partial charge is 0.234 e. The minimum Gasteiger partial charge on any atom is -0.409 e. The number of nitrogens with one attached hydrogen (secondary N) is 1. The van der Waals surface area contributed by atoms with Gasteiger partial charge in [-0.05, 0) is 26.7 Å². The SMILES string of the molecule is CC(C)(CC(N)=O)NC(=O)C1(C(N)=NO)CCCC1. The van der Waals surface area contributed by atoms with Gasteiger partial charge in [0.25, 0.3) is 0 Å². The molecule has 7 heteroatoms. The number of amides is 2. The fourth-order valence-corrected chi connectivity index (χ4v) is 2.58. The molecular formula is C12H22N4O3. The summed E-state index contributed by atoms with van der Waals surface area (Å²) < 4.78 is 0. The van der Waals surface area contributed by atoms with Crippen LogP contribution >= 0.6 is 0 Å². The third-order valence-corrected chi connectivity index (χ3v) is 3.56. The number of oxime groups is 1. The van der Waals surface area contributed by atoms with E-state index in [-0.39, 0.29) is 18.2 Å². The molecule has 1 aliphatic rings. The Morgan fingerprint density at radius 3 is 2.26 bits per heavy atom. The Labute approximate surface area is 112 Å². The number of primary amides is 1. The Morgan fingerprint density at radius 2 is 1.84 bits per heavy atom. The molecule has 0 unspecified atom stereocenters. The number of nitrogens with two attached hydrogens (primary N) is 2. The summed E-state index contributed by atoms with van der Waals surface area (Å²) in [5, 5.41) is 14.6. The van der Waals surface area contributed by atoms with E-state index in [0.717, 1.165) is 12.8 Å². The van der Waals surface area contributed by atoms with Crippen molar-refractivity contribution < 1.29 is 14.8 Å². The molecule has 0 saturated heterocycles. The molecule has 0 aliphatic heterocycles. The van der Waals surface area contributed by atoms with Gasteiger partial charge < -0.3 is 22.0 Å². The molecule has 0 aromatic heterocycles. The maximum absolute atomic E-state index is 12.4. The van der Waals surface area contributed by atoms with Gasteiger partial charge in [-0.25, -0.2) is 0 Å². The Bertz CT molecular complexity index is 398. The molecule has 0 spiro atoms. The van der Waals surface area contributed by atoms with Gasteiger partial charge in [0.15, 0.2) is 5.84 Å². The van der Waals surface area contributed by atoms with E-state index in [0.29, 0.717) is 12.8 Å². The first-order chi connectivity index (χ1) is 8.73. The number of hydrogen-bond acceptors (Lipinski definition) is 4. The Kier molecular flexibility index (Phi) is 4.39. The Hall–Kier alpha value is -1.79. The third-order valence-electron chi connectivity index (χ3n) is 3.56. The molecule has 1 aliphatic carbocycles. The number of nitrogens with zero attached hydrogens (tertiary/aromatic N) is 1. The maximum Gasteiger partial charge on any atom is 0.234 e. The molecule has 0 aromatic carbocycles. The normalized spacial score (nSPS) is 19.2. The van der Waals surface area contributed by atoms with Crippen molar-refractivity contribution in [2.24, 2.45) is 22.0 Å². The highest BCUT2D eigenvalue weighted by molar-refractivity contribution is 6.07. The predicted octanol–water partition coefficient (Wildman–Crippen LogP) is 0.0634. The van der Waals surface area contributed by atoms with Crippen LogP contribution in [-0.4, -0.2) is 28.4 Å². The minimum absolute atomic E-state index is 0.0327. The molecule has 1 saturated carbocycles. The van der Waals surface area contributed by atoms with Crippen LogP contribution in [0.2, 0.25) is 0 Å². The van der Waals surface area contributed by atoms with Gasteiger partial charge in [-0.2, -0.15) is 0 Å². The lowest BCUT2D eigenvalue weighted by atomic mass is 9.82. The van der Waals surface area contributed by atoms with E-state index in [9.17, 15) is 9.59 Å². The van der Waals surface area contributed by atoms with Crippen LogP contribution in [0.5, 0.6) is 0 Å². The summed E-state index contributed by atoms with van der Waals surface area (Å²) in [5.74, 6) is -0.876. The van der Waals surface area contributed by atoms with Crippen LogP contribution in [0, 0.1) is 5.41 Å². The first-order valence-corrected chi connectivity index (χ1v) is 6.32. The third kappa shape index (κ3) is 3.36. The monoisotopic (exact) mass is 270 g/mol. The Morgan fingerprint density at radius 1 is 1.32 bits per heavy atom. The molecule has 2 amide bonds. The van der Waals surface area contributed by atoms with Gasteiger partial charge in [-0.1, -0.05) is 18.0 Å². The lowest BCUT2D eigenvalue weighted by Crippen LogP contribution is -2.55. The van der Waals surface area contributed by atoms with E-state index in [2.05, 4.69) is 10.5 Å². The average Bonchev–Trinajstić information content (AvgIpc) is 2.75. The summed E-state index contributed by atoms with van der Waals surface area (Å²) in [5.41, 5.74) is 9.11. The molecule has 108 valence electrons. The fraction of sp³-hybridized carbons (Fsp3) is 0.750. The molecule has 7 nitrogen and oxygen atoms in total. The van der Waals surface area contributed by atoms with E-state index < -0.39 is 16.9 Å². The van der Waals surface area contributed by atoms with Gasteiger partial charge in [0.1, 0.15) is 5.41 Å². The lowest BCUT2D eigenvalue weighted by Gasteiger charge is -2.32. The van der Waals surface area contributed by atoms with Crippen LogP contribution in [0.1, 0.15) is 46.0 Å². The molecule has 6 N–H and O–H groups in total. The van der Waals surface area contributed by atoms with Crippen LogP contribution in [0.15, 0.2) is 5.16 Å². The summed E-state index contributed by atoms with van der Waals surface area (Å²) in [4.78, 5) is 23.4. The van der Waals surface area contributed by atoms with Crippen LogP contribution in [0.25, 0.3) is 0 Å². The highest BCUT2D eigenvalue weighted by Crippen LogP contribution is 2.39. The highest BCUT2D eigenvalue weighted by atomic mass is 16.4. The zero-order chi connectivity index (χ0) is 14.7.